The van der Waals surface area contributed by atoms with Crippen LogP contribution in [0.25, 0.3) is 0 Å². The van der Waals surface area contributed by atoms with Gasteiger partial charge in [0.2, 0.25) is 0 Å². The molecule has 35 heavy (non-hydrogen) atoms. The molecule has 0 aromatic heterocycles. The average molecular weight is 506 g/mol. The first-order valence-corrected chi connectivity index (χ1v) is 10.4. The van der Waals surface area contributed by atoms with Gasteiger partial charge in [0.05, 0.1) is 23.7 Å². The Hall–Kier alpha value is -2.51. The van der Waals surface area contributed by atoms with Gasteiger partial charge in [-0.05, 0) is 6.07 Å². The normalized spacial score (nSPS) is 37.6. The number of rotatable bonds is 8. The van der Waals surface area contributed by atoms with Gasteiger partial charge in [-0.25, -0.2) is 4.79 Å². The molecule has 0 saturated carbocycles. The van der Waals surface area contributed by atoms with Crippen LogP contribution in [0.1, 0.15) is 10.4 Å². The summed E-state index contributed by atoms with van der Waals surface area (Å²) in [6, 6.07) is 2.82. The molecule has 0 radical (unpaired) electrons. The zero-order valence-electron chi connectivity index (χ0n) is 17.9. The van der Waals surface area contributed by atoms with E-state index >= 15 is 0 Å². The molecule has 2 heterocycles. The number of nitrogens with zero attached hydrogens (tertiary/aromatic N) is 1. The van der Waals surface area contributed by atoms with Gasteiger partial charge >= 0.3 is 5.97 Å². The third-order valence-corrected chi connectivity index (χ3v) is 5.69. The van der Waals surface area contributed by atoms with Crippen LogP contribution in [-0.4, -0.2) is 126 Å². The molecule has 2 aliphatic heterocycles. The van der Waals surface area contributed by atoms with Gasteiger partial charge in [0, 0.05) is 17.8 Å². The minimum Gasteiger partial charge on any atom is -0.478 e. The smallest absolute Gasteiger partial charge is 0.336 e. The van der Waals surface area contributed by atoms with Gasteiger partial charge in [-0.2, -0.15) is 0 Å². The predicted molar refractivity (Wildman–Crippen MR) is 110 cm³/mol. The molecule has 196 valence electrons. The Morgan fingerprint density at radius 1 is 0.943 bits per heavy atom. The minimum absolute atomic E-state index is 0.141. The van der Waals surface area contributed by atoms with Crippen LogP contribution in [0, 0.1) is 10.1 Å². The van der Waals surface area contributed by atoms with Crippen LogP contribution < -0.4 is 5.32 Å². The number of anilines is 1. The number of carbonyl (C=O) groups is 1. The molecule has 0 amide bonds. The summed E-state index contributed by atoms with van der Waals surface area (Å²) in [5.74, 6) is -1.46. The number of aromatic carboxylic acids is 1. The van der Waals surface area contributed by atoms with Crippen LogP contribution in [0.15, 0.2) is 18.2 Å². The van der Waals surface area contributed by atoms with Gasteiger partial charge in [0.25, 0.3) is 5.69 Å². The molecule has 9 N–H and O–H groups in total. The lowest BCUT2D eigenvalue weighted by molar-refractivity contribution is -0.384. The van der Waals surface area contributed by atoms with E-state index in [1.54, 1.807) is 0 Å². The van der Waals surface area contributed by atoms with Crippen LogP contribution in [0.4, 0.5) is 11.4 Å². The Kier molecular flexibility index (Phi) is 8.54. The number of carboxylic acid groups (broad SMARTS) is 1. The van der Waals surface area contributed by atoms with E-state index in [1.165, 1.54) is 0 Å². The second-order valence-corrected chi connectivity index (χ2v) is 8.03. The Morgan fingerprint density at radius 3 is 2.17 bits per heavy atom. The number of hydrogen-bond acceptors (Lipinski definition) is 14. The van der Waals surface area contributed by atoms with Crippen molar-refractivity contribution in [3.05, 3.63) is 33.9 Å². The number of nitro groups is 1. The van der Waals surface area contributed by atoms with Gasteiger partial charge in [0.1, 0.15) is 48.8 Å². The highest BCUT2D eigenvalue weighted by Gasteiger charge is 2.50. The van der Waals surface area contributed by atoms with Crippen molar-refractivity contribution in [2.45, 2.75) is 61.3 Å². The Bertz CT molecular complexity index is 881. The summed E-state index contributed by atoms with van der Waals surface area (Å²) in [7, 11) is 0. The van der Waals surface area contributed by atoms with E-state index in [0.717, 1.165) is 18.2 Å². The molecule has 2 saturated heterocycles. The fourth-order valence-electron chi connectivity index (χ4n) is 3.80. The summed E-state index contributed by atoms with van der Waals surface area (Å²) in [6.07, 6.45) is -16.3. The standard InChI is InChI=1S/C19H26N2O14/c22-4-9-11(24)12(25)15(28)19(34-9)35-16-10(5-23)33-17(14(27)13(16)26)20-7-1-6(18(29)30)2-8(3-7)21(31)32/h1-3,9-17,19-20,22-28H,4-5H2,(H,29,30)/t9-,10+,11-,12+,13+,14+,15-,16+,17-,19+/m0/s1. The number of nitrogens with one attached hydrogen (secondary N) is 1. The third kappa shape index (κ3) is 5.67. The lowest BCUT2D eigenvalue weighted by atomic mass is 9.96. The Balaban J connectivity index is 1.78. The fourth-order valence-corrected chi connectivity index (χ4v) is 3.80. The molecule has 0 bridgehead atoms. The van der Waals surface area contributed by atoms with Crippen molar-refractivity contribution in [1.82, 2.24) is 0 Å². The highest BCUT2D eigenvalue weighted by Crippen LogP contribution is 2.30. The topological polar surface area (TPSA) is 262 Å². The average Bonchev–Trinajstić information content (AvgIpc) is 2.83. The molecule has 10 atom stereocenters. The van der Waals surface area contributed by atoms with Crippen molar-refractivity contribution in [1.29, 1.82) is 0 Å². The fraction of sp³-hybridized carbons (Fsp3) is 0.632. The maximum Gasteiger partial charge on any atom is 0.336 e. The van der Waals surface area contributed by atoms with Crippen LogP contribution in [0.2, 0.25) is 0 Å². The zero-order chi connectivity index (χ0) is 26.0. The molecule has 3 rings (SSSR count). The number of benzene rings is 1. The van der Waals surface area contributed by atoms with Crippen molar-refractivity contribution in [2.75, 3.05) is 18.5 Å². The molecule has 1 aromatic rings. The monoisotopic (exact) mass is 506 g/mol. The van der Waals surface area contributed by atoms with E-state index in [4.69, 9.17) is 14.2 Å². The van der Waals surface area contributed by atoms with Crippen molar-refractivity contribution >= 4 is 17.3 Å². The number of non-ortho nitro benzene ring substituents is 1. The van der Waals surface area contributed by atoms with E-state index < -0.39 is 96.7 Å². The summed E-state index contributed by atoms with van der Waals surface area (Å²) in [5, 5.41) is 92.9. The summed E-state index contributed by atoms with van der Waals surface area (Å²) >= 11 is 0. The van der Waals surface area contributed by atoms with E-state index in [9.17, 15) is 55.8 Å². The number of aliphatic hydroxyl groups is 7. The summed E-state index contributed by atoms with van der Waals surface area (Å²) in [6.45, 7) is -1.53. The first-order valence-electron chi connectivity index (χ1n) is 10.4. The van der Waals surface area contributed by atoms with Crippen LogP contribution >= 0.6 is 0 Å². The number of hydrogen-bond donors (Lipinski definition) is 9. The summed E-state index contributed by atoms with van der Waals surface area (Å²) < 4.78 is 16.1. The lowest BCUT2D eigenvalue weighted by Crippen LogP contribution is -2.65. The second kappa shape index (κ2) is 11.0. The number of ether oxygens (including phenoxy) is 3. The molecule has 1 aromatic carbocycles. The maximum atomic E-state index is 11.3. The van der Waals surface area contributed by atoms with E-state index in [1.807, 2.05) is 0 Å². The molecular weight excluding hydrogens is 480 g/mol. The van der Waals surface area contributed by atoms with Gasteiger partial charge in [-0.15, -0.1) is 0 Å². The van der Waals surface area contributed by atoms with Gasteiger partial charge < -0.3 is 60.4 Å². The minimum atomic E-state index is -1.83. The van der Waals surface area contributed by atoms with Gasteiger partial charge in [0.15, 0.2) is 12.5 Å². The SMILES string of the molecule is O=C(O)c1cc(N[C@H]2O[C@H](CO)[C@@H](O[C@H]3O[C@@H](CO)[C@H](O)[C@@H](O)[C@@H]3O)[C@H](O)[C@H]2O)cc([N+](=O)[O-])c1. The maximum absolute atomic E-state index is 11.3. The number of nitro benzene ring substituents is 1. The van der Waals surface area contributed by atoms with Crippen molar-refractivity contribution in [3.63, 3.8) is 0 Å². The quantitative estimate of drug-likeness (QED) is 0.121. The molecular formula is C19H26N2O14. The molecule has 0 spiro atoms. The van der Waals surface area contributed by atoms with Crippen molar-refractivity contribution < 1.29 is 64.8 Å². The van der Waals surface area contributed by atoms with E-state index in [2.05, 4.69) is 5.32 Å². The molecule has 16 heteroatoms. The van der Waals surface area contributed by atoms with E-state index in [0.29, 0.717) is 0 Å². The van der Waals surface area contributed by atoms with Crippen LogP contribution in [-0.2, 0) is 14.2 Å². The third-order valence-electron chi connectivity index (χ3n) is 5.69. The highest BCUT2D eigenvalue weighted by molar-refractivity contribution is 5.90. The number of aliphatic hydroxyl groups excluding tert-OH is 7. The van der Waals surface area contributed by atoms with Crippen molar-refractivity contribution in [3.8, 4) is 0 Å². The van der Waals surface area contributed by atoms with E-state index in [-0.39, 0.29) is 5.69 Å². The number of carboxylic acids is 1. The molecule has 0 unspecified atom stereocenters. The first kappa shape index (κ1) is 27.1. The van der Waals surface area contributed by atoms with Gasteiger partial charge in [-0.3, -0.25) is 10.1 Å². The van der Waals surface area contributed by atoms with Gasteiger partial charge in [-0.1, -0.05) is 0 Å². The summed E-state index contributed by atoms with van der Waals surface area (Å²) in [5.41, 5.74) is -1.14. The molecule has 2 fully saturated rings. The zero-order valence-corrected chi connectivity index (χ0v) is 17.9. The Labute approximate surface area is 196 Å². The molecule has 0 aliphatic carbocycles. The lowest BCUT2D eigenvalue weighted by Gasteiger charge is -2.46. The predicted octanol–water partition coefficient (Wildman–Crippen LogP) is -3.67. The second-order valence-electron chi connectivity index (χ2n) is 8.03. The van der Waals surface area contributed by atoms with Crippen LogP contribution in [0.3, 0.4) is 0 Å². The highest BCUT2D eigenvalue weighted by atomic mass is 16.7. The molecule has 2 aliphatic rings. The summed E-state index contributed by atoms with van der Waals surface area (Å²) in [4.78, 5) is 21.6. The first-order chi connectivity index (χ1) is 16.5. The van der Waals surface area contributed by atoms with Crippen molar-refractivity contribution in [2.24, 2.45) is 0 Å². The Morgan fingerprint density at radius 2 is 1.60 bits per heavy atom. The largest absolute Gasteiger partial charge is 0.478 e. The molecule has 16 nitrogen and oxygen atoms in total. The van der Waals surface area contributed by atoms with Crippen LogP contribution in [0.5, 0.6) is 0 Å².